The van der Waals surface area contributed by atoms with Gasteiger partial charge in [0.2, 0.25) is 0 Å². The van der Waals surface area contributed by atoms with Gasteiger partial charge in [-0.2, -0.15) is 0 Å². The summed E-state index contributed by atoms with van der Waals surface area (Å²) in [5.41, 5.74) is 8.08. The molecule has 2 N–H and O–H groups in total. The summed E-state index contributed by atoms with van der Waals surface area (Å²) in [6.07, 6.45) is 0. The Balaban J connectivity index is 2.02. The molecule has 5 heteroatoms. The number of para-hydroxylation sites is 2. The van der Waals surface area contributed by atoms with Gasteiger partial charge in [0.25, 0.3) is 5.22 Å². The summed E-state index contributed by atoms with van der Waals surface area (Å²) in [7, 11) is 0. The van der Waals surface area contributed by atoms with Gasteiger partial charge in [0.1, 0.15) is 11.3 Å². The third-order valence-corrected chi connectivity index (χ3v) is 3.94. The van der Waals surface area contributed by atoms with E-state index in [0.717, 1.165) is 22.8 Å². The number of oxazole rings is 1. The molecule has 3 nitrogen and oxygen atoms in total. The predicted octanol–water partition coefficient (Wildman–Crippen LogP) is 4.14. The highest BCUT2D eigenvalue weighted by Crippen LogP contribution is 2.35. The highest BCUT2D eigenvalue weighted by Gasteiger charge is 2.16. The summed E-state index contributed by atoms with van der Waals surface area (Å²) in [4.78, 5) is 4.81. The largest absolute Gasteiger partial charge is 0.431 e. The van der Waals surface area contributed by atoms with Crippen LogP contribution in [0.2, 0.25) is 0 Å². The summed E-state index contributed by atoms with van der Waals surface area (Å²) >= 11 is 1.16. The summed E-state index contributed by atoms with van der Waals surface area (Å²) in [5, 5.41) is 0.415. The molecule has 0 fully saturated rings. The molecule has 0 radical (unpaired) electrons. The molecule has 3 rings (SSSR count). The van der Waals surface area contributed by atoms with Crippen molar-refractivity contribution in [2.24, 2.45) is 5.73 Å². The lowest BCUT2D eigenvalue weighted by Gasteiger charge is -2.11. The molecule has 0 spiro atoms. The number of nitrogens with two attached hydrogens (primary N) is 1. The van der Waals surface area contributed by atoms with Crippen molar-refractivity contribution in [2.75, 3.05) is 0 Å². The van der Waals surface area contributed by atoms with Crippen LogP contribution < -0.4 is 5.73 Å². The van der Waals surface area contributed by atoms with Crippen LogP contribution in [0, 0.1) is 5.82 Å². The van der Waals surface area contributed by atoms with Crippen molar-refractivity contribution in [3.8, 4) is 0 Å². The monoisotopic (exact) mass is 288 g/mol. The molecule has 1 unspecified atom stereocenters. The molecule has 0 amide bonds. The fourth-order valence-electron chi connectivity index (χ4n) is 1.97. The highest BCUT2D eigenvalue weighted by molar-refractivity contribution is 7.99. The van der Waals surface area contributed by atoms with E-state index in [1.807, 2.05) is 37.3 Å². The minimum absolute atomic E-state index is 0.252. The fourth-order valence-corrected chi connectivity index (χ4v) is 2.96. The van der Waals surface area contributed by atoms with Crippen molar-refractivity contribution in [1.82, 2.24) is 4.98 Å². The lowest BCUT2D eigenvalue weighted by atomic mass is 10.1. The van der Waals surface area contributed by atoms with Gasteiger partial charge >= 0.3 is 0 Å². The van der Waals surface area contributed by atoms with Crippen molar-refractivity contribution in [3.63, 3.8) is 0 Å². The molecule has 1 aromatic heterocycles. The number of hydrogen-bond acceptors (Lipinski definition) is 4. The second kappa shape index (κ2) is 5.26. The number of aromatic nitrogens is 1. The van der Waals surface area contributed by atoms with Crippen LogP contribution in [-0.2, 0) is 0 Å². The summed E-state index contributed by atoms with van der Waals surface area (Å²) in [6.45, 7) is 1.82. The lowest BCUT2D eigenvalue weighted by molar-refractivity contribution is 0.488. The third kappa shape index (κ3) is 2.42. The van der Waals surface area contributed by atoms with Gasteiger partial charge in [0.15, 0.2) is 5.58 Å². The van der Waals surface area contributed by atoms with Crippen LogP contribution in [0.25, 0.3) is 11.1 Å². The van der Waals surface area contributed by atoms with Gasteiger partial charge in [0.05, 0.1) is 4.90 Å². The van der Waals surface area contributed by atoms with E-state index in [-0.39, 0.29) is 11.9 Å². The first-order valence-corrected chi connectivity index (χ1v) is 7.04. The van der Waals surface area contributed by atoms with Crippen LogP contribution >= 0.6 is 11.8 Å². The number of rotatable bonds is 3. The zero-order chi connectivity index (χ0) is 14.1. The molecule has 1 heterocycles. The Labute approximate surface area is 120 Å². The van der Waals surface area contributed by atoms with E-state index in [0.29, 0.717) is 15.7 Å². The lowest BCUT2D eigenvalue weighted by Crippen LogP contribution is -2.07. The first-order valence-electron chi connectivity index (χ1n) is 6.22. The predicted molar refractivity (Wildman–Crippen MR) is 77.1 cm³/mol. The minimum Gasteiger partial charge on any atom is -0.431 e. The smallest absolute Gasteiger partial charge is 0.261 e. The van der Waals surface area contributed by atoms with Crippen LogP contribution in [0.15, 0.2) is 57.0 Å². The van der Waals surface area contributed by atoms with Crippen molar-refractivity contribution in [1.29, 1.82) is 0 Å². The van der Waals surface area contributed by atoms with E-state index in [1.165, 1.54) is 6.07 Å². The summed E-state index contributed by atoms with van der Waals surface area (Å²) in [5.74, 6) is -0.313. The number of hydrogen-bond donors (Lipinski definition) is 1. The average molecular weight is 288 g/mol. The van der Waals surface area contributed by atoms with Crippen molar-refractivity contribution < 1.29 is 8.81 Å². The van der Waals surface area contributed by atoms with Crippen LogP contribution in [0.4, 0.5) is 4.39 Å². The molecule has 0 saturated carbocycles. The van der Waals surface area contributed by atoms with Gasteiger partial charge in [-0.1, -0.05) is 24.3 Å². The normalized spacial score (nSPS) is 12.8. The maximum atomic E-state index is 14.0. The molecule has 2 aromatic carbocycles. The van der Waals surface area contributed by atoms with Gasteiger partial charge in [-0.3, -0.25) is 0 Å². The number of benzene rings is 2. The molecule has 1 atom stereocenters. The Morgan fingerprint density at radius 3 is 2.75 bits per heavy atom. The zero-order valence-electron chi connectivity index (χ0n) is 10.8. The maximum absolute atomic E-state index is 14.0. The Bertz CT molecular complexity index is 721. The van der Waals surface area contributed by atoms with Gasteiger partial charge < -0.3 is 10.2 Å². The van der Waals surface area contributed by atoms with Crippen molar-refractivity contribution >= 4 is 22.9 Å². The molecule has 20 heavy (non-hydrogen) atoms. The Morgan fingerprint density at radius 2 is 2.00 bits per heavy atom. The fraction of sp³-hybridized carbons (Fsp3) is 0.133. The number of halogens is 1. The van der Waals surface area contributed by atoms with Crippen LogP contribution in [0.3, 0.4) is 0 Å². The first-order chi connectivity index (χ1) is 9.65. The Kier molecular flexibility index (Phi) is 3.46. The van der Waals surface area contributed by atoms with E-state index in [4.69, 9.17) is 10.2 Å². The van der Waals surface area contributed by atoms with Gasteiger partial charge in [-0.05, 0) is 42.4 Å². The minimum atomic E-state index is -0.313. The van der Waals surface area contributed by atoms with Gasteiger partial charge in [-0.15, -0.1) is 0 Å². The zero-order valence-corrected chi connectivity index (χ0v) is 11.7. The second-order valence-corrected chi connectivity index (χ2v) is 5.46. The Morgan fingerprint density at radius 1 is 1.20 bits per heavy atom. The van der Waals surface area contributed by atoms with E-state index in [9.17, 15) is 4.39 Å². The van der Waals surface area contributed by atoms with E-state index in [1.54, 1.807) is 6.07 Å². The molecular weight excluding hydrogens is 275 g/mol. The van der Waals surface area contributed by atoms with Gasteiger partial charge in [-0.25, -0.2) is 9.37 Å². The maximum Gasteiger partial charge on any atom is 0.261 e. The molecule has 0 bridgehead atoms. The third-order valence-electron chi connectivity index (χ3n) is 2.95. The van der Waals surface area contributed by atoms with Crippen LogP contribution in [0.5, 0.6) is 0 Å². The second-order valence-electron chi connectivity index (χ2n) is 4.50. The molecule has 0 saturated heterocycles. The van der Waals surface area contributed by atoms with E-state index in [2.05, 4.69) is 4.98 Å². The SMILES string of the molecule is CC(N)c1cccc(F)c1Sc1nc2ccccc2o1. The van der Waals surface area contributed by atoms with Crippen molar-refractivity contribution in [3.05, 3.63) is 53.8 Å². The van der Waals surface area contributed by atoms with Crippen LogP contribution in [-0.4, -0.2) is 4.98 Å². The number of nitrogens with zero attached hydrogens (tertiary/aromatic N) is 1. The molecule has 0 aliphatic heterocycles. The van der Waals surface area contributed by atoms with E-state index >= 15 is 0 Å². The summed E-state index contributed by atoms with van der Waals surface area (Å²) < 4.78 is 19.6. The number of fused-ring (bicyclic) bond motifs is 1. The van der Waals surface area contributed by atoms with Crippen LogP contribution in [0.1, 0.15) is 18.5 Å². The van der Waals surface area contributed by atoms with E-state index < -0.39 is 0 Å². The standard InChI is InChI=1S/C15H13FN2OS/c1-9(17)10-5-4-6-11(16)14(10)20-15-18-12-7-2-3-8-13(12)19-15/h2-9H,17H2,1H3. The molecule has 3 aromatic rings. The quantitative estimate of drug-likeness (QED) is 0.787. The molecule has 102 valence electrons. The summed E-state index contributed by atoms with van der Waals surface area (Å²) in [6, 6.07) is 12.1. The highest BCUT2D eigenvalue weighted by atomic mass is 32.2. The Hall–Kier alpha value is -1.85. The molecular formula is C15H13FN2OS. The topological polar surface area (TPSA) is 52.0 Å². The first kappa shape index (κ1) is 13.1. The average Bonchev–Trinajstić information content (AvgIpc) is 2.83. The van der Waals surface area contributed by atoms with Gasteiger partial charge in [0, 0.05) is 6.04 Å². The molecule has 0 aliphatic carbocycles. The van der Waals surface area contributed by atoms with Crippen molar-refractivity contribution in [2.45, 2.75) is 23.1 Å². The molecule has 0 aliphatic rings.